The summed E-state index contributed by atoms with van der Waals surface area (Å²) in [6.45, 7) is 2.33. The smallest absolute Gasteiger partial charge is 0.188 e. The third kappa shape index (κ3) is 4.94. The normalized spacial score (nSPS) is 22.2. The van der Waals surface area contributed by atoms with Gasteiger partial charge in [0, 0.05) is 12.7 Å². The molecule has 2 rings (SSSR count). The Kier molecular flexibility index (Phi) is 6.40. The number of ether oxygens (including phenoxy) is 2. The number of methoxy groups -OCH3 is 1. The molecule has 21 heavy (non-hydrogen) atoms. The molecule has 0 radical (unpaired) electrons. The van der Waals surface area contributed by atoms with E-state index in [1.165, 1.54) is 5.56 Å². The molecule has 0 amide bonds. The van der Waals surface area contributed by atoms with Crippen molar-refractivity contribution in [1.29, 1.82) is 0 Å². The van der Waals surface area contributed by atoms with E-state index in [4.69, 9.17) is 9.47 Å². The van der Waals surface area contributed by atoms with E-state index in [-0.39, 0.29) is 24.6 Å². The highest BCUT2D eigenvalue weighted by atomic mass is 16.5. The molecule has 3 heteroatoms. The minimum atomic E-state index is 0.0672. The molecule has 0 spiro atoms. The highest BCUT2D eigenvalue weighted by Crippen LogP contribution is 2.23. The third-order valence-corrected chi connectivity index (χ3v) is 4.18. The first-order valence-electron chi connectivity index (χ1n) is 7.99. The van der Waals surface area contributed by atoms with Gasteiger partial charge in [-0.15, -0.1) is 0 Å². The van der Waals surface area contributed by atoms with Gasteiger partial charge in [-0.2, -0.15) is 0 Å². The van der Waals surface area contributed by atoms with Crippen LogP contribution in [0.5, 0.6) is 0 Å². The van der Waals surface area contributed by atoms with E-state index in [0.717, 1.165) is 44.1 Å². The first kappa shape index (κ1) is 16.2. The highest BCUT2D eigenvalue weighted by molar-refractivity contribution is 5.97. The topological polar surface area (TPSA) is 35.5 Å². The fourth-order valence-corrected chi connectivity index (χ4v) is 2.89. The minimum Gasteiger partial charge on any atom is -0.381 e. The molecule has 0 aliphatic heterocycles. The molecule has 1 aromatic carbocycles. The van der Waals surface area contributed by atoms with Crippen molar-refractivity contribution >= 4 is 5.78 Å². The van der Waals surface area contributed by atoms with E-state index < -0.39 is 0 Å². The quantitative estimate of drug-likeness (QED) is 0.717. The van der Waals surface area contributed by atoms with Gasteiger partial charge >= 0.3 is 0 Å². The fraction of sp³-hybridized carbons (Fsp3) is 0.611. The van der Waals surface area contributed by atoms with Crippen LogP contribution in [0.2, 0.25) is 0 Å². The van der Waals surface area contributed by atoms with Gasteiger partial charge in [0.25, 0.3) is 0 Å². The molecule has 0 aromatic heterocycles. The number of Topliss-reactive ketones (excluding diaryl/α,β-unsaturated/α-hetero) is 1. The summed E-state index contributed by atoms with van der Waals surface area (Å²) < 4.78 is 11.2. The number of aryl methyl sites for hydroxylation is 1. The predicted molar refractivity (Wildman–Crippen MR) is 83.8 cm³/mol. The molecule has 2 atom stereocenters. The van der Waals surface area contributed by atoms with Crippen LogP contribution in [0.15, 0.2) is 24.3 Å². The number of rotatable bonds is 7. The molecule has 2 unspecified atom stereocenters. The SMILES string of the molecule is CCCc1ccc(C(=O)COC2CCCC(OC)C2)cc1. The van der Waals surface area contributed by atoms with Crippen LogP contribution in [0.3, 0.4) is 0 Å². The Bertz CT molecular complexity index is 438. The zero-order valence-electron chi connectivity index (χ0n) is 13.1. The van der Waals surface area contributed by atoms with Gasteiger partial charge in [-0.3, -0.25) is 4.79 Å². The molecule has 116 valence electrons. The molecule has 1 aliphatic carbocycles. The zero-order valence-corrected chi connectivity index (χ0v) is 13.1. The molecule has 1 saturated carbocycles. The maximum atomic E-state index is 12.2. The van der Waals surface area contributed by atoms with Crippen molar-refractivity contribution in [2.75, 3.05) is 13.7 Å². The van der Waals surface area contributed by atoms with Crippen LogP contribution >= 0.6 is 0 Å². The summed E-state index contributed by atoms with van der Waals surface area (Å²) in [5.74, 6) is 0.0672. The largest absolute Gasteiger partial charge is 0.381 e. The molecule has 0 saturated heterocycles. The monoisotopic (exact) mass is 290 g/mol. The Balaban J connectivity index is 1.81. The van der Waals surface area contributed by atoms with Gasteiger partial charge < -0.3 is 9.47 Å². The Labute approximate surface area is 127 Å². The van der Waals surface area contributed by atoms with Gasteiger partial charge in [-0.25, -0.2) is 0 Å². The van der Waals surface area contributed by atoms with E-state index in [0.29, 0.717) is 0 Å². The summed E-state index contributed by atoms with van der Waals surface area (Å²) in [4.78, 5) is 12.2. The summed E-state index contributed by atoms with van der Waals surface area (Å²) in [5, 5.41) is 0. The Morgan fingerprint density at radius 3 is 2.57 bits per heavy atom. The van der Waals surface area contributed by atoms with Crippen molar-refractivity contribution in [3.8, 4) is 0 Å². The van der Waals surface area contributed by atoms with Crippen molar-refractivity contribution in [1.82, 2.24) is 0 Å². The minimum absolute atomic E-state index is 0.0672. The van der Waals surface area contributed by atoms with E-state index in [9.17, 15) is 4.79 Å². The molecule has 1 fully saturated rings. The standard InChI is InChI=1S/C18H26O3/c1-3-5-14-8-10-15(11-9-14)18(19)13-21-17-7-4-6-16(12-17)20-2/h8-11,16-17H,3-7,12-13H2,1-2H3. The van der Waals surface area contributed by atoms with Crippen LogP contribution in [-0.4, -0.2) is 31.7 Å². The van der Waals surface area contributed by atoms with Gasteiger partial charge in [0.05, 0.1) is 12.2 Å². The third-order valence-electron chi connectivity index (χ3n) is 4.18. The van der Waals surface area contributed by atoms with Gasteiger partial charge in [0.15, 0.2) is 5.78 Å². The van der Waals surface area contributed by atoms with Crippen LogP contribution < -0.4 is 0 Å². The molecule has 0 bridgehead atoms. The molecule has 0 heterocycles. The van der Waals surface area contributed by atoms with Crippen LogP contribution in [0.4, 0.5) is 0 Å². The summed E-state index contributed by atoms with van der Waals surface area (Å²) >= 11 is 0. The van der Waals surface area contributed by atoms with Crippen molar-refractivity contribution in [2.24, 2.45) is 0 Å². The van der Waals surface area contributed by atoms with Gasteiger partial charge in [-0.05, 0) is 37.7 Å². The van der Waals surface area contributed by atoms with Crippen molar-refractivity contribution in [3.63, 3.8) is 0 Å². The van der Waals surface area contributed by atoms with Crippen LogP contribution in [-0.2, 0) is 15.9 Å². The maximum absolute atomic E-state index is 12.2. The Hall–Kier alpha value is -1.19. The number of ketones is 1. The number of hydrogen-bond donors (Lipinski definition) is 0. The molecule has 1 aliphatic rings. The molecular formula is C18H26O3. The lowest BCUT2D eigenvalue weighted by Crippen LogP contribution is -2.29. The van der Waals surface area contributed by atoms with Gasteiger partial charge in [0.1, 0.15) is 6.61 Å². The van der Waals surface area contributed by atoms with Gasteiger partial charge in [0.2, 0.25) is 0 Å². The van der Waals surface area contributed by atoms with Gasteiger partial charge in [-0.1, -0.05) is 37.6 Å². The molecular weight excluding hydrogens is 264 g/mol. The Morgan fingerprint density at radius 2 is 1.90 bits per heavy atom. The predicted octanol–water partition coefficient (Wildman–Crippen LogP) is 3.80. The summed E-state index contributed by atoms with van der Waals surface area (Å²) in [6, 6.07) is 7.90. The van der Waals surface area contributed by atoms with E-state index in [1.807, 2.05) is 24.3 Å². The average molecular weight is 290 g/mol. The average Bonchev–Trinajstić information content (AvgIpc) is 2.54. The molecule has 3 nitrogen and oxygen atoms in total. The lowest BCUT2D eigenvalue weighted by atomic mass is 9.95. The zero-order chi connectivity index (χ0) is 15.1. The van der Waals surface area contributed by atoms with Crippen molar-refractivity contribution in [3.05, 3.63) is 35.4 Å². The van der Waals surface area contributed by atoms with E-state index >= 15 is 0 Å². The molecule has 1 aromatic rings. The number of carbonyl (C=O) groups is 1. The lowest BCUT2D eigenvalue weighted by molar-refractivity contribution is -0.0243. The summed E-state index contributed by atoms with van der Waals surface area (Å²) in [5.41, 5.74) is 2.03. The van der Waals surface area contributed by atoms with Crippen molar-refractivity contribution < 1.29 is 14.3 Å². The lowest BCUT2D eigenvalue weighted by Gasteiger charge is -2.27. The Morgan fingerprint density at radius 1 is 1.19 bits per heavy atom. The number of benzene rings is 1. The second-order valence-electron chi connectivity index (χ2n) is 5.83. The second-order valence-corrected chi connectivity index (χ2v) is 5.83. The van der Waals surface area contributed by atoms with Crippen molar-refractivity contribution in [2.45, 2.75) is 57.7 Å². The summed E-state index contributed by atoms with van der Waals surface area (Å²) in [6.07, 6.45) is 6.78. The second kappa shape index (κ2) is 8.30. The first-order chi connectivity index (χ1) is 10.2. The van der Waals surface area contributed by atoms with Crippen LogP contribution in [0.25, 0.3) is 0 Å². The maximum Gasteiger partial charge on any atom is 0.188 e. The fourth-order valence-electron chi connectivity index (χ4n) is 2.89. The molecule has 0 N–H and O–H groups in total. The number of hydrogen-bond acceptors (Lipinski definition) is 3. The van der Waals surface area contributed by atoms with E-state index in [1.54, 1.807) is 7.11 Å². The van der Waals surface area contributed by atoms with Crippen LogP contribution in [0, 0.1) is 0 Å². The summed E-state index contributed by atoms with van der Waals surface area (Å²) in [7, 11) is 1.75. The number of carbonyl (C=O) groups excluding carboxylic acids is 1. The van der Waals surface area contributed by atoms with Crippen LogP contribution in [0.1, 0.15) is 54.9 Å². The highest BCUT2D eigenvalue weighted by Gasteiger charge is 2.22. The first-order valence-corrected chi connectivity index (χ1v) is 7.99. The van der Waals surface area contributed by atoms with E-state index in [2.05, 4.69) is 6.92 Å².